The van der Waals surface area contributed by atoms with Gasteiger partial charge in [-0.05, 0) is 61.2 Å². The lowest BCUT2D eigenvalue weighted by Gasteiger charge is -2.60. The van der Waals surface area contributed by atoms with Crippen molar-refractivity contribution >= 4 is 0 Å². The Morgan fingerprint density at radius 3 is 2.64 bits per heavy atom. The van der Waals surface area contributed by atoms with Crippen LogP contribution in [0.25, 0.3) is 0 Å². The summed E-state index contributed by atoms with van der Waals surface area (Å²) in [6.45, 7) is 11.0. The van der Waals surface area contributed by atoms with Crippen LogP contribution in [0.3, 0.4) is 0 Å². The molecule has 0 heterocycles. The van der Waals surface area contributed by atoms with Gasteiger partial charge in [-0.1, -0.05) is 38.5 Å². The molecule has 3 aliphatic rings. The third-order valence-corrected chi connectivity index (χ3v) is 7.61. The molecule has 0 aromatic rings. The smallest absolute Gasteiger partial charge is 0.0618 e. The zero-order valence-corrected chi connectivity index (χ0v) is 14.4. The normalized spacial score (nSPS) is 51.5. The Morgan fingerprint density at radius 2 is 2.00 bits per heavy atom. The van der Waals surface area contributed by atoms with Crippen molar-refractivity contribution in [1.82, 2.24) is 0 Å². The van der Waals surface area contributed by atoms with Crippen LogP contribution in [0.15, 0.2) is 24.3 Å². The lowest BCUT2D eigenvalue weighted by atomic mass is 9.45. The Bertz CT molecular complexity index is 496. The molecule has 0 amide bonds. The van der Waals surface area contributed by atoms with Crippen molar-refractivity contribution in [3.63, 3.8) is 0 Å². The lowest BCUT2D eigenvalue weighted by Crippen LogP contribution is -2.57. The third kappa shape index (κ3) is 2.14. The molecule has 22 heavy (non-hydrogen) atoms. The number of hydrogen-bond donors (Lipinski definition) is 2. The van der Waals surface area contributed by atoms with Crippen LogP contribution in [0, 0.1) is 28.1 Å². The molecule has 0 aromatic carbocycles. The van der Waals surface area contributed by atoms with Gasteiger partial charge in [0.1, 0.15) is 0 Å². The molecule has 0 saturated heterocycles. The van der Waals surface area contributed by atoms with E-state index in [0.717, 1.165) is 25.7 Å². The fraction of sp³-hybridized carbons (Fsp3) is 0.800. The van der Waals surface area contributed by atoms with Gasteiger partial charge in [-0.3, -0.25) is 0 Å². The average Bonchev–Trinajstić information content (AvgIpc) is 2.51. The molecule has 2 nitrogen and oxygen atoms in total. The average molecular weight is 304 g/mol. The molecule has 0 unspecified atom stereocenters. The largest absolute Gasteiger partial charge is 0.396 e. The highest BCUT2D eigenvalue weighted by Crippen LogP contribution is 2.63. The number of hydrogen-bond acceptors (Lipinski definition) is 2. The van der Waals surface area contributed by atoms with Gasteiger partial charge in [-0.25, -0.2) is 0 Å². The van der Waals surface area contributed by atoms with Crippen molar-refractivity contribution in [3.8, 4) is 0 Å². The first-order chi connectivity index (χ1) is 10.3. The first-order valence-electron chi connectivity index (χ1n) is 8.90. The molecular formula is C20H32O2. The first-order valence-corrected chi connectivity index (χ1v) is 8.90. The molecule has 3 rings (SSSR count). The molecule has 0 aliphatic heterocycles. The van der Waals surface area contributed by atoms with E-state index in [1.165, 1.54) is 12.8 Å². The molecule has 2 heteroatoms. The monoisotopic (exact) mass is 304 g/mol. The maximum Gasteiger partial charge on any atom is 0.0618 e. The van der Waals surface area contributed by atoms with Gasteiger partial charge in [-0.15, -0.1) is 6.58 Å². The highest BCUT2D eigenvalue weighted by Gasteiger charge is 2.58. The van der Waals surface area contributed by atoms with Gasteiger partial charge < -0.3 is 10.2 Å². The SMILES string of the molecule is C=C[C@]1(C)CC[C@@H]2C(=CC[C@H]3[C@@]2(C)CC[C@H](O)[C@]3(C)CO)C1. The van der Waals surface area contributed by atoms with Gasteiger partial charge in [0.15, 0.2) is 0 Å². The zero-order valence-electron chi connectivity index (χ0n) is 14.4. The van der Waals surface area contributed by atoms with Crippen LogP contribution in [-0.2, 0) is 0 Å². The summed E-state index contributed by atoms with van der Waals surface area (Å²) in [6, 6.07) is 0. The molecule has 0 spiro atoms. The van der Waals surface area contributed by atoms with Crippen LogP contribution in [0.2, 0.25) is 0 Å². The minimum Gasteiger partial charge on any atom is -0.396 e. The fourth-order valence-corrected chi connectivity index (χ4v) is 5.86. The van der Waals surface area contributed by atoms with E-state index in [2.05, 4.69) is 39.5 Å². The van der Waals surface area contributed by atoms with Crippen molar-refractivity contribution in [2.45, 2.75) is 65.4 Å². The minimum absolute atomic E-state index is 0.0920. The molecule has 6 atom stereocenters. The summed E-state index contributed by atoms with van der Waals surface area (Å²) in [5.41, 5.74) is 1.74. The van der Waals surface area contributed by atoms with Crippen LogP contribution in [-0.4, -0.2) is 22.9 Å². The number of aliphatic hydroxyl groups is 2. The highest BCUT2D eigenvalue weighted by molar-refractivity contribution is 5.25. The van der Waals surface area contributed by atoms with E-state index >= 15 is 0 Å². The van der Waals surface area contributed by atoms with Crippen molar-refractivity contribution in [2.24, 2.45) is 28.1 Å². The van der Waals surface area contributed by atoms with E-state index in [9.17, 15) is 10.2 Å². The maximum atomic E-state index is 10.5. The first kappa shape index (κ1) is 16.3. The van der Waals surface area contributed by atoms with Crippen molar-refractivity contribution in [3.05, 3.63) is 24.3 Å². The highest BCUT2D eigenvalue weighted by atomic mass is 16.3. The molecule has 0 bridgehead atoms. The summed E-state index contributed by atoms with van der Waals surface area (Å²) in [7, 11) is 0. The van der Waals surface area contributed by atoms with Crippen LogP contribution >= 0.6 is 0 Å². The van der Waals surface area contributed by atoms with E-state index in [0.29, 0.717) is 11.8 Å². The van der Waals surface area contributed by atoms with Crippen LogP contribution in [0.4, 0.5) is 0 Å². The van der Waals surface area contributed by atoms with Gasteiger partial charge in [0.2, 0.25) is 0 Å². The third-order valence-electron chi connectivity index (χ3n) is 7.61. The zero-order chi connectivity index (χ0) is 16.2. The van der Waals surface area contributed by atoms with Gasteiger partial charge in [0, 0.05) is 5.41 Å². The predicted molar refractivity (Wildman–Crippen MR) is 90.4 cm³/mol. The number of allylic oxidation sites excluding steroid dienone is 3. The molecule has 0 radical (unpaired) electrons. The van der Waals surface area contributed by atoms with Crippen LogP contribution < -0.4 is 0 Å². The number of aliphatic hydroxyl groups excluding tert-OH is 2. The second-order valence-corrected chi connectivity index (χ2v) is 8.92. The number of fused-ring (bicyclic) bond motifs is 3. The van der Waals surface area contributed by atoms with E-state index in [1.807, 2.05) is 0 Å². The summed E-state index contributed by atoms with van der Waals surface area (Å²) in [5, 5.41) is 20.5. The standard InChI is InChI=1S/C20H32O2/c1-5-18(2)10-8-15-14(12-18)6-7-16-19(15,3)11-9-17(22)20(16,4)13-21/h5-6,15-17,21-22H,1,7-13H2,2-4H3/t15-,16+,17+,18-,19+,20-/m1/s1. The second-order valence-electron chi connectivity index (χ2n) is 8.92. The summed E-state index contributed by atoms with van der Waals surface area (Å²) in [4.78, 5) is 0. The minimum atomic E-state index is -0.368. The molecule has 124 valence electrons. The fourth-order valence-electron chi connectivity index (χ4n) is 5.86. The van der Waals surface area contributed by atoms with E-state index < -0.39 is 0 Å². The van der Waals surface area contributed by atoms with Gasteiger partial charge in [0.25, 0.3) is 0 Å². The molecule has 2 fully saturated rings. The van der Waals surface area contributed by atoms with Crippen LogP contribution in [0.1, 0.15) is 59.3 Å². The molecular weight excluding hydrogens is 272 g/mol. The van der Waals surface area contributed by atoms with E-state index in [1.54, 1.807) is 5.57 Å². The van der Waals surface area contributed by atoms with Crippen molar-refractivity contribution < 1.29 is 10.2 Å². The summed E-state index contributed by atoms with van der Waals surface area (Å²) < 4.78 is 0. The second kappa shape index (κ2) is 5.21. The topological polar surface area (TPSA) is 40.5 Å². The summed E-state index contributed by atoms with van der Waals surface area (Å²) in [6.07, 6.45) is 10.7. The molecule has 0 aromatic heterocycles. The van der Waals surface area contributed by atoms with E-state index in [-0.39, 0.29) is 29.0 Å². The molecule has 3 aliphatic carbocycles. The van der Waals surface area contributed by atoms with Gasteiger partial charge in [0.05, 0.1) is 12.7 Å². The summed E-state index contributed by atoms with van der Waals surface area (Å²) in [5.74, 6) is 1.01. The maximum absolute atomic E-state index is 10.5. The van der Waals surface area contributed by atoms with Crippen molar-refractivity contribution in [2.75, 3.05) is 6.61 Å². The Balaban J connectivity index is 1.96. The lowest BCUT2D eigenvalue weighted by molar-refractivity contribution is -0.147. The van der Waals surface area contributed by atoms with Crippen molar-refractivity contribution in [1.29, 1.82) is 0 Å². The quantitative estimate of drug-likeness (QED) is 0.755. The number of rotatable bonds is 2. The van der Waals surface area contributed by atoms with Gasteiger partial charge >= 0.3 is 0 Å². The van der Waals surface area contributed by atoms with Crippen LogP contribution in [0.5, 0.6) is 0 Å². The molecule has 2 N–H and O–H groups in total. The van der Waals surface area contributed by atoms with E-state index in [4.69, 9.17) is 0 Å². The Hall–Kier alpha value is -0.600. The van der Waals surface area contributed by atoms with Gasteiger partial charge in [-0.2, -0.15) is 0 Å². The Morgan fingerprint density at radius 1 is 1.27 bits per heavy atom. The Labute approximate surface area is 135 Å². The predicted octanol–water partition coefficient (Wildman–Crippen LogP) is 4.08. The summed E-state index contributed by atoms with van der Waals surface area (Å²) >= 11 is 0. The Kier molecular flexibility index (Phi) is 3.85. The molecule has 2 saturated carbocycles.